The summed E-state index contributed by atoms with van der Waals surface area (Å²) in [5.41, 5.74) is -0.538. The molecule has 2 aliphatic rings. The molecule has 150 valence electrons. The Balaban J connectivity index is 1.81. The van der Waals surface area contributed by atoms with Crippen LogP contribution >= 0.6 is 0 Å². The molecule has 2 amide bonds. The van der Waals surface area contributed by atoms with Crippen LogP contribution in [-0.2, 0) is 19.1 Å². The van der Waals surface area contributed by atoms with E-state index in [9.17, 15) is 23.9 Å². The second-order valence-corrected chi connectivity index (χ2v) is 7.40. The first-order chi connectivity index (χ1) is 13.8. The molecule has 2 heterocycles. The Bertz CT molecular complexity index is 991. The van der Waals surface area contributed by atoms with Gasteiger partial charge >= 0.3 is 5.97 Å². The van der Waals surface area contributed by atoms with Crippen molar-refractivity contribution < 1.29 is 28.6 Å². The van der Waals surface area contributed by atoms with Crippen LogP contribution in [0, 0.1) is 17.7 Å². The van der Waals surface area contributed by atoms with E-state index in [1.54, 1.807) is 12.1 Å². The lowest BCUT2D eigenvalue weighted by Crippen LogP contribution is -2.54. The summed E-state index contributed by atoms with van der Waals surface area (Å²) < 4.78 is 18.2. The molecule has 2 saturated heterocycles. The molecule has 8 heteroatoms. The molecule has 2 fully saturated rings. The van der Waals surface area contributed by atoms with Crippen molar-refractivity contribution >= 4 is 23.5 Å². The summed E-state index contributed by atoms with van der Waals surface area (Å²) in [6.45, 7) is 1.54. The SMILES string of the molecule is COC(=O)[C@@]1(C)N[C@@H](c2ccc(O)cc2)[C@H]2C(=O)N(c3ccc(F)cc3)C(=O)[C@H]21. The summed E-state index contributed by atoms with van der Waals surface area (Å²) in [7, 11) is 1.22. The highest BCUT2D eigenvalue weighted by molar-refractivity contribution is 6.24. The Kier molecular flexibility index (Phi) is 4.38. The number of hydrogen-bond donors (Lipinski definition) is 2. The number of ether oxygens (including phenoxy) is 1. The van der Waals surface area contributed by atoms with E-state index < -0.39 is 47.0 Å². The van der Waals surface area contributed by atoms with E-state index in [-0.39, 0.29) is 11.4 Å². The van der Waals surface area contributed by atoms with E-state index in [1.807, 2.05) is 0 Å². The molecule has 0 spiro atoms. The Labute approximate surface area is 166 Å². The van der Waals surface area contributed by atoms with Gasteiger partial charge < -0.3 is 9.84 Å². The summed E-state index contributed by atoms with van der Waals surface area (Å²) >= 11 is 0. The van der Waals surface area contributed by atoms with Gasteiger partial charge in [-0.05, 0) is 48.9 Å². The summed E-state index contributed by atoms with van der Waals surface area (Å²) in [4.78, 5) is 40.2. The number of methoxy groups -OCH3 is 1. The molecule has 4 atom stereocenters. The number of amides is 2. The molecule has 2 aliphatic heterocycles. The monoisotopic (exact) mass is 398 g/mol. The molecule has 0 unspecified atom stereocenters. The zero-order valence-electron chi connectivity index (χ0n) is 15.8. The van der Waals surface area contributed by atoms with Crippen molar-refractivity contribution in [2.45, 2.75) is 18.5 Å². The Morgan fingerprint density at radius 1 is 1.10 bits per heavy atom. The summed E-state index contributed by atoms with van der Waals surface area (Å²) in [6, 6.07) is 10.6. The minimum atomic E-state index is -1.43. The fourth-order valence-corrected chi connectivity index (χ4v) is 4.35. The lowest BCUT2D eigenvalue weighted by Gasteiger charge is -2.28. The van der Waals surface area contributed by atoms with Crippen LogP contribution in [0.15, 0.2) is 48.5 Å². The van der Waals surface area contributed by atoms with Crippen LogP contribution in [0.2, 0.25) is 0 Å². The van der Waals surface area contributed by atoms with Gasteiger partial charge in [0.15, 0.2) is 0 Å². The maximum atomic E-state index is 13.3. The van der Waals surface area contributed by atoms with Gasteiger partial charge in [-0.1, -0.05) is 12.1 Å². The third-order valence-electron chi connectivity index (χ3n) is 5.73. The first-order valence-corrected chi connectivity index (χ1v) is 9.06. The van der Waals surface area contributed by atoms with Gasteiger partial charge in [-0.15, -0.1) is 0 Å². The molecule has 0 radical (unpaired) electrons. The van der Waals surface area contributed by atoms with Crippen LogP contribution in [0.5, 0.6) is 5.75 Å². The van der Waals surface area contributed by atoms with Gasteiger partial charge in [0.1, 0.15) is 17.1 Å². The van der Waals surface area contributed by atoms with Gasteiger partial charge in [-0.25, -0.2) is 9.29 Å². The van der Waals surface area contributed by atoms with E-state index in [0.29, 0.717) is 5.56 Å². The van der Waals surface area contributed by atoms with Gasteiger partial charge in [0.2, 0.25) is 11.8 Å². The first kappa shape index (κ1) is 19.1. The minimum absolute atomic E-state index is 0.0563. The maximum Gasteiger partial charge on any atom is 0.326 e. The number of aromatic hydroxyl groups is 1. The van der Waals surface area contributed by atoms with Gasteiger partial charge in [0.05, 0.1) is 24.6 Å². The number of esters is 1. The van der Waals surface area contributed by atoms with Crippen LogP contribution in [0.4, 0.5) is 10.1 Å². The lowest BCUT2D eigenvalue weighted by atomic mass is 9.80. The van der Waals surface area contributed by atoms with Crippen molar-refractivity contribution in [2.75, 3.05) is 12.0 Å². The summed E-state index contributed by atoms with van der Waals surface area (Å²) in [5, 5.41) is 12.7. The standard InChI is InChI=1S/C21H19FN2O5/c1-21(20(28)29-2)16-15(17(23-21)11-3-9-14(25)10-4-11)18(26)24(19(16)27)13-7-5-12(22)6-8-13/h3-10,15-17,23,25H,1-2H3/t15-,16-,17-,21-/m0/s1. The molecule has 2 aromatic rings. The second-order valence-electron chi connectivity index (χ2n) is 7.40. The highest BCUT2D eigenvalue weighted by Gasteiger charge is 2.67. The molecule has 0 aliphatic carbocycles. The van der Waals surface area contributed by atoms with Crippen molar-refractivity contribution in [3.05, 3.63) is 59.9 Å². The predicted molar refractivity (Wildman–Crippen MR) is 100 cm³/mol. The fraction of sp³-hybridized carbons (Fsp3) is 0.286. The number of fused-ring (bicyclic) bond motifs is 1. The van der Waals surface area contributed by atoms with Crippen LogP contribution in [0.1, 0.15) is 18.5 Å². The molecule has 2 N–H and O–H groups in total. The minimum Gasteiger partial charge on any atom is -0.508 e. The highest BCUT2D eigenvalue weighted by atomic mass is 19.1. The smallest absolute Gasteiger partial charge is 0.326 e. The molecule has 29 heavy (non-hydrogen) atoms. The third kappa shape index (κ3) is 2.79. The Morgan fingerprint density at radius 2 is 1.72 bits per heavy atom. The number of nitrogens with zero attached hydrogens (tertiary/aromatic N) is 1. The molecular weight excluding hydrogens is 379 g/mol. The van der Waals surface area contributed by atoms with E-state index in [2.05, 4.69) is 5.32 Å². The molecule has 4 rings (SSSR count). The van der Waals surface area contributed by atoms with Gasteiger partial charge in [-0.2, -0.15) is 0 Å². The van der Waals surface area contributed by atoms with E-state index in [1.165, 1.54) is 50.4 Å². The van der Waals surface area contributed by atoms with Crippen molar-refractivity contribution in [3.8, 4) is 5.75 Å². The first-order valence-electron chi connectivity index (χ1n) is 9.06. The van der Waals surface area contributed by atoms with Crippen LogP contribution in [0.25, 0.3) is 0 Å². The van der Waals surface area contributed by atoms with Gasteiger partial charge in [-0.3, -0.25) is 19.7 Å². The third-order valence-corrected chi connectivity index (χ3v) is 5.73. The normalized spacial score (nSPS) is 28.5. The zero-order chi connectivity index (χ0) is 20.9. The predicted octanol–water partition coefficient (Wildman–Crippen LogP) is 1.91. The molecule has 7 nitrogen and oxygen atoms in total. The number of imide groups is 1. The van der Waals surface area contributed by atoms with Crippen LogP contribution in [0.3, 0.4) is 0 Å². The Hall–Kier alpha value is -3.26. The quantitative estimate of drug-likeness (QED) is 0.606. The number of carbonyl (C=O) groups excluding carboxylic acids is 3. The van der Waals surface area contributed by atoms with Crippen molar-refractivity contribution in [1.82, 2.24) is 5.32 Å². The number of anilines is 1. The summed E-state index contributed by atoms with van der Waals surface area (Å²) in [5.74, 6) is -3.97. The van der Waals surface area contributed by atoms with Gasteiger partial charge in [0.25, 0.3) is 0 Å². The van der Waals surface area contributed by atoms with Gasteiger partial charge in [0, 0.05) is 6.04 Å². The number of benzene rings is 2. The highest BCUT2D eigenvalue weighted by Crippen LogP contribution is 2.50. The average molecular weight is 398 g/mol. The number of nitrogens with one attached hydrogen (secondary N) is 1. The van der Waals surface area contributed by atoms with E-state index >= 15 is 0 Å². The van der Waals surface area contributed by atoms with Crippen LogP contribution < -0.4 is 10.2 Å². The maximum absolute atomic E-state index is 13.3. The molecule has 2 aromatic carbocycles. The van der Waals surface area contributed by atoms with E-state index in [0.717, 1.165) is 4.90 Å². The number of hydrogen-bond acceptors (Lipinski definition) is 6. The number of phenols is 1. The lowest BCUT2D eigenvalue weighted by molar-refractivity contribution is -0.151. The van der Waals surface area contributed by atoms with Crippen molar-refractivity contribution in [2.24, 2.45) is 11.8 Å². The van der Waals surface area contributed by atoms with E-state index in [4.69, 9.17) is 4.74 Å². The fourth-order valence-electron chi connectivity index (χ4n) is 4.35. The molecule has 0 saturated carbocycles. The largest absolute Gasteiger partial charge is 0.508 e. The zero-order valence-corrected chi connectivity index (χ0v) is 15.8. The summed E-state index contributed by atoms with van der Waals surface area (Å²) in [6.07, 6.45) is 0. The van der Waals surface area contributed by atoms with Crippen LogP contribution in [-0.4, -0.2) is 35.5 Å². The Morgan fingerprint density at radius 3 is 2.31 bits per heavy atom. The second kappa shape index (κ2) is 6.66. The average Bonchev–Trinajstić information content (AvgIpc) is 3.17. The molecular formula is C21H19FN2O5. The number of halogens is 1. The molecule has 0 bridgehead atoms. The number of phenolic OH excluding ortho intramolecular Hbond substituents is 1. The number of rotatable bonds is 3. The number of carbonyl (C=O) groups is 3. The molecule has 0 aromatic heterocycles. The topological polar surface area (TPSA) is 95.9 Å². The van der Waals surface area contributed by atoms with Crippen molar-refractivity contribution in [3.63, 3.8) is 0 Å². The van der Waals surface area contributed by atoms with Crippen molar-refractivity contribution in [1.29, 1.82) is 0 Å².